The Kier molecular flexibility index (Phi) is 4.41. The number of carbonyl (C=O) groups is 1. The number of nitrogens with zero attached hydrogens (tertiary/aromatic N) is 2. The van der Waals surface area contributed by atoms with Gasteiger partial charge >= 0.3 is 5.97 Å². The number of carboxylic acid groups (broad SMARTS) is 1. The molecule has 4 nitrogen and oxygen atoms in total. The van der Waals surface area contributed by atoms with E-state index in [1.165, 1.54) is 16.9 Å². The minimum Gasteiger partial charge on any atom is -0.481 e. The molecule has 5 heteroatoms. The number of aromatic nitrogens is 2. The highest BCUT2D eigenvalue weighted by atomic mass is 32.1. The molecular formula is C13H14N2O2S. The van der Waals surface area contributed by atoms with Crippen LogP contribution in [0.2, 0.25) is 0 Å². The minimum atomic E-state index is -0.773. The lowest BCUT2D eigenvalue weighted by molar-refractivity contribution is -0.137. The number of aliphatic carboxylic acids is 1. The maximum absolute atomic E-state index is 10.9. The predicted molar refractivity (Wildman–Crippen MR) is 69.7 cm³/mol. The highest BCUT2D eigenvalue weighted by molar-refractivity contribution is 7.09. The summed E-state index contributed by atoms with van der Waals surface area (Å²) in [5.74, 6) is -0.777. The lowest BCUT2D eigenvalue weighted by Crippen LogP contribution is -2.07. The molecule has 0 aliphatic carbocycles. The molecule has 1 atom stereocenters. The standard InChI is InChI=1S/C13H14N2O2S/c16-12(17)9-11(13-15-7-8-18-13)2-1-10-3-5-14-6-4-10/h3-8,11H,1-2,9H2,(H,16,17). The number of hydrogen-bond donors (Lipinski definition) is 1. The molecule has 2 heterocycles. The molecule has 2 rings (SSSR count). The van der Waals surface area contributed by atoms with Crippen LogP contribution in [0.1, 0.15) is 29.3 Å². The van der Waals surface area contributed by atoms with E-state index in [1.807, 2.05) is 17.5 Å². The van der Waals surface area contributed by atoms with Crippen molar-refractivity contribution in [3.05, 3.63) is 46.7 Å². The van der Waals surface area contributed by atoms with Crippen LogP contribution in [0.15, 0.2) is 36.1 Å². The largest absolute Gasteiger partial charge is 0.481 e. The normalized spacial score (nSPS) is 12.2. The van der Waals surface area contributed by atoms with Gasteiger partial charge in [0.2, 0.25) is 0 Å². The number of hydrogen-bond acceptors (Lipinski definition) is 4. The Morgan fingerprint density at radius 2 is 2.11 bits per heavy atom. The first kappa shape index (κ1) is 12.7. The van der Waals surface area contributed by atoms with Crippen LogP contribution < -0.4 is 0 Å². The van der Waals surface area contributed by atoms with Crippen LogP contribution in [0.5, 0.6) is 0 Å². The molecule has 0 radical (unpaired) electrons. The Morgan fingerprint density at radius 1 is 1.33 bits per heavy atom. The molecule has 0 amide bonds. The summed E-state index contributed by atoms with van der Waals surface area (Å²) in [6, 6.07) is 3.92. The first-order valence-corrected chi connectivity index (χ1v) is 6.64. The molecule has 1 unspecified atom stereocenters. The van der Waals surface area contributed by atoms with Crippen molar-refractivity contribution >= 4 is 17.3 Å². The maximum atomic E-state index is 10.9. The van der Waals surface area contributed by atoms with Gasteiger partial charge in [-0.15, -0.1) is 11.3 Å². The van der Waals surface area contributed by atoms with Gasteiger partial charge in [0, 0.05) is 29.9 Å². The third-order valence-electron chi connectivity index (χ3n) is 2.75. The van der Waals surface area contributed by atoms with Crippen LogP contribution >= 0.6 is 11.3 Å². The van der Waals surface area contributed by atoms with Crippen LogP contribution in [0.3, 0.4) is 0 Å². The van der Waals surface area contributed by atoms with E-state index in [0.29, 0.717) is 0 Å². The molecule has 1 N–H and O–H groups in total. The third kappa shape index (κ3) is 3.63. The van der Waals surface area contributed by atoms with E-state index in [-0.39, 0.29) is 12.3 Å². The van der Waals surface area contributed by atoms with Gasteiger partial charge in [-0.3, -0.25) is 9.78 Å². The highest BCUT2D eigenvalue weighted by Crippen LogP contribution is 2.26. The fourth-order valence-electron chi connectivity index (χ4n) is 1.85. The molecule has 0 saturated heterocycles. The van der Waals surface area contributed by atoms with Crippen LogP contribution in [0.25, 0.3) is 0 Å². The minimum absolute atomic E-state index is 0.00401. The summed E-state index contributed by atoms with van der Waals surface area (Å²) in [7, 11) is 0. The van der Waals surface area contributed by atoms with Crippen molar-refractivity contribution in [3.63, 3.8) is 0 Å². The monoisotopic (exact) mass is 262 g/mol. The summed E-state index contributed by atoms with van der Waals surface area (Å²) >= 11 is 1.52. The smallest absolute Gasteiger partial charge is 0.304 e. The van der Waals surface area contributed by atoms with E-state index >= 15 is 0 Å². The first-order valence-electron chi connectivity index (χ1n) is 5.76. The predicted octanol–water partition coefficient (Wildman–Crippen LogP) is 2.73. The summed E-state index contributed by atoms with van der Waals surface area (Å²) in [5, 5.41) is 11.7. The van der Waals surface area contributed by atoms with Crippen molar-refractivity contribution < 1.29 is 9.90 Å². The van der Waals surface area contributed by atoms with E-state index in [0.717, 1.165) is 17.8 Å². The molecule has 0 aliphatic rings. The zero-order valence-corrected chi connectivity index (χ0v) is 10.6. The molecule has 2 aromatic rings. The number of carboxylic acids is 1. The van der Waals surface area contributed by atoms with Crippen LogP contribution in [-0.4, -0.2) is 21.0 Å². The van der Waals surface area contributed by atoms with Gasteiger partial charge in [-0.25, -0.2) is 4.98 Å². The SMILES string of the molecule is O=C(O)CC(CCc1ccncc1)c1nccs1. The Morgan fingerprint density at radius 3 is 2.72 bits per heavy atom. The zero-order chi connectivity index (χ0) is 12.8. The third-order valence-corrected chi connectivity index (χ3v) is 3.69. The van der Waals surface area contributed by atoms with E-state index in [9.17, 15) is 4.79 Å². The number of thiazole rings is 1. The summed E-state index contributed by atoms with van der Waals surface area (Å²) in [5.41, 5.74) is 1.18. The lowest BCUT2D eigenvalue weighted by atomic mass is 9.97. The molecule has 0 aromatic carbocycles. The first-order chi connectivity index (χ1) is 8.75. The fraction of sp³-hybridized carbons (Fsp3) is 0.308. The highest BCUT2D eigenvalue weighted by Gasteiger charge is 2.17. The summed E-state index contributed by atoms with van der Waals surface area (Å²) < 4.78 is 0. The van der Waals surface area contributed by atoms with Crippen molar-refractivity contribution in [3.8, 4) is 0 Å². The van der Waals surface area contributed by atoms with E-state index in [2.05, 4.69) is 9.97 Å². The lowest BCUT2D eigenvalue weighted by Gasteiger charge is -2.11. The second-order valence-electron chi connectivity index (χ2n) is 4.06. The number of pyridine rings is 1. The Labute approximate surface area is 109 Å². The number of rotatable bonds is 6. The summed E-state index contributed by atoms with van der Waals surface area (Å²) in [6.45, 7) is 0. The Hall–Kier alpha value is -1.75. The van der Waals surface area contributed by atoms with E-state index < -0.39 is 5.97 Å². The van der Waals surface area contributed by atoms with Crippen molar-refractivity contribution in [2.75, 3.05) is 0 Å². The second kappa shape index (κ2) is 6.26. The molecule has 0 spiro atoms. The molecule has 0 saturated carbocycles. The average Bonchev–Trinajstić information content (AvgIpc) is 2.89. The van der Waals surface area contributed by atoms with E-state index in [1.54, 1.807) is 18.6 Å². The van der Waals surface area contributed by atoms with Crippen molar-refractivity contribution in [1.82, 2.24) is 9.97 Å². The summed E-state index contributed by atoms with van der Waals surface area (Å²) in [6.07, 6.45) is 7.01. The topological polar surface area (TPSA) is 63.1 Å². The van der Waals surface area contributed by atoms with Gasteiger partial charge in [-0.05, 0) is 30.5 Å². The molecule has 94 valence electrons. The maximum Gasteiger partial charge on any atom is 0.304 e. The fourth-order valence-corrected chi connectivity index (χ4v) is 2.63. The number of aryl methyl sites for hydroxylation is 1. The van der Waals surface area contributed by atoms with E-state index in [4.69, 9.17) is 5.11 Å². The van der Waals surface area contributed by atoms with Gasteiger partial charge in [0.05, 0.1) is 11.4 Å². The molecular weight excluding hydrogens is 248 g/mol. The molecule has 18 heavy (non-hydrogen) atoms. The Bertz CT molecular complexity index is 485. The van der Waals surface area contributed by atoms with Gasteiger partial charge in [-0.2, -0.15) is 0 Å². The Balaban J connectivity index is 2.00. The van der Waals surface area contributed by atoms with Crippen molar-refractivity contribution in [2.24, 2.45) is 0 Å². The summed E-state index contributed by atoms with van der Waals surface area (Å²) in [4.78, 5) is 19.1. The van der Waals surface area contributed by atoms with Crippen LogP contribution in [0.4, 0.5) is 0 Å². The van der Waals surface area contributed by atoms with Crippen LogP contribution in [-0.2, 0) is 11.2 Å². The van der Waals surface area contributed by atoms with Crippen LogP contribution in [0, 0.1) is 0 Å². The second-order valence-corrected chi connectivity index (χ2v) is 4.99. The quantitative estimate of drug-likeness (QED) is 0.869. The molecule has 0 fully saturated rings. The van der Waals surface area contributed by atoms with Gasteiger partial charge < -0.3 is 5.11 Å². The van der Waals surface area contributed by atoms with Crippen molar-refractivity contribution in [2.45, 2.75) is 25.2 Å². The zero-order valence-electron chi connectivity index (χ0n) is 9.82. The van der Waals surface area contributed by atoms with Gasteiger partial charge in [0.1, 0.15) is 0 Å². The van der Waals surface area contributed by atoms with Crippen molar-refractivity contribution in [1.29, 1.82) is 0 Å². The average molecular weight is 262 g/mol. The molecule has 2 aromatic heterocycles. The molecule has 0 aliphatic heterocycles. The van der Waals surface area contributed by atoms with Gasteiger partial charge in [-0.1, -0.05) is 0 Å². The molecule has 0 bridgehead atoms. The van der Waals surface area contributed by atoms with Gasteiger partial charge in [0.15, 0.2) is 0 Å². The van der Waals surface area contributed by atoms with Gasteiger partial charge in [0.25, 0.3) is 0 Å².